The first-order valence-corrected chi connectivity index (χ1v) is 9.57. The summed E-state index contributed by atoms with van der Waals surface area (Å²) in [5.41, 5.74) is 1.06. The van der Waals surface area contributed by atoms with Crippen molar-refractivity contribution in [1.82, 2.24) is 20.2 Å². The van der Waals surface area contributed by atoms with Crippen molar-refractivity contribution < 1.29 is 0 Å². The summed E-state index contributed by atoms with van der Waals surface area (Å²) in [7, 11) is 2.14. The molecule has 6 heteroatoms. The molecular weight excluding hydrogens is 324 g/mol. The van der Waals surface area contributed by atoms with Crippen LogP contribution in [0.1, 0.15) is 57.5 Å². The molecule has 26 heavy (non-hydrogen) atoms. The summed E-state index contributed by atoms with van der Waals surface area (Å²) in [6.07, 6.45) is 5.46. The zero-order chi connectivity index (χ0) is 18.3. The van der Waals surface area contributed by atoms with Gasteiger partial charge in [-0.15, -0.1) is 5.10 Å². The molecule has 2 aliphatic rings. The number of hydrogen-bond acceptors (Lipinski definition) is 6. The molecule has 0 radical (unpaired) electrons. The van der Waals surface area contributed by atoms with Crippen molar-refractivity contribution in [2.24, 2.45) is 0 Å². The van der Waals surface area contributed by atoms with E-state index in [4.69, 9.17) is 4.98 Å². The highest BCUT2D eigenvalue weighted by Crippen LogP contribution is 2.38. The van der Waals surface area contributed by atoms with E-state index in [2.05, 4.69) is 64.9 Å². The van der Waals surface area contributed by atoms with Gasteiger partial charge in [-0.1, -0.05) is 20.8 Å². The summed E-state index contributed by atoms with van der Waals surface area (Å²) in [6, 6.07) is 6.66. The minimum Gasteiger partial charge on any atom is -0.355 e. The van der Waals surface area contributed by atoms with E-state index in [-0.39, 0.29) is 5.41 Å². The predicted molar refractivity (Wildman–Crippen MR) is 104 cm³/mol. The third-order valence-corrected chi connectivity index (χ3v) is 5.42. The van der Waals surface area contributed by atoms with Crippen molar-refractivity contribution >= 4 is 11.6 Å². The topological polar surface area (TPSA) is 58.0 Å². The van der Waals surface area contributed by atoms with Crippen LogP contribution in [0, 0.1) is 0 Å². The van der Waals surface area contributed by atoms with E-state index < -0.39 is 0 Å². The van der Waals surface area contributed by atoms with Crippen LogP contribution < -0.4 is 9.80 Å². The number of rotatable bonds is 4. The Morgan fingerprint density at radius 1 is 1.08 bits per heavy atom. The molecule has 1 atom stereocenters. The Morgan fingerprint density at radius 3 is 2.54 bits per heavy atom. The number of anilines is 2. The van der Waals surface area contributed by atoms with Crippen LogP contribution in [0.15, 0.2) is 24.4 Å². The van der Waals surface area contributed by atoms with Crippen molar-refractivity contribution in [3.8, 4) is 0 Å². The molecule has 6 nitrogen and oxygen atoms in total. The van der Waals surface area contributed by atoms with Gasteiger partial charge in [-0.3, -0.25) is 0 Å². The monoisotopic (exact) mass is 352 g/mol. The summed E-state index contributed by atoms with van der Waals surface area (Å²) in [6.45, 7) is 8.43. The second kappa shape index (κ2) is 6.49. The molecule has 4 rings (SSSR count). The smallest absolute Gasteiger partial charge is 0.151 e. The first kappa shape index (κ1) is 17.2. The highest BCUT2D eigenvalue weighted by molar-refractivity contribution is 5.44. The Labute approximate surface area is 155 Å². The standard InChI is InChI=1S/C20H28N6/c1-20(2,3)16-7-8-18(24-23-16)26-12-10-15(13-26)25(4)17-9-11-21-19(22-17)14-5-6-14/h7-9,11,14-15H,5-6,10,12-13H2,1-4H3. The van der Waals surface area contributed by atoms with Gasteiger partial charge in [0.05, 0.1) is 5.69 Å². The Kier molecular flexibility index (Phi) is 4.29. The number of nitrogens with zero attached hydrogens (tertiary/aromatic N) is 6. The van der Waals surface area contributed by atoms with Crippen molar-refractivity contribution in [3.63, 3.8) is 0 Å². The van der Waals surface area contributed by atoms with Gasteiger partial charge in [0.15, 0.2) is 5.82 Å². The molecule has 2 fully saturated rings. The Bertz CT molecular complexity index is 763. The van der Waals surface area contributed by atoms with Gasteiger partial charge < -0.3 is 9.80 Å². The van der Waals surface area contributed by atoms with Gasteiger partial charge in [0.1, 0.15) is 11.6 Å². The maximum absolute atomic E-state index is 4.78. The third kappa shape index (κ3) is 3.50. The summed E-state index contributed by atoms with van der Waals surface area (Å²) in [5.74, 6) is 3.59. The van der Waals surface area contributed by atoms with Crippen LogP contribution in [0.2, 0.25) is 0 Å². The average Bonchev–Trinajstić information content (AvgIpc) is 3.37. The molecule has 2 aromatic heterocycles. The maximum atomic E-state index is 4.78. The first-order chi connectivity index (χ1) is 12.4. The fourth-order valence-electron chi connectivity index (χ4n) is 3.45. The predicted octanol–water partition coefficient (Wildman–Crippen LogP) is 3.16. The number of hydrogen-bond donors (Lipinski definition) is 0. The van der Waals surface area contributed by atoms with Crippen LogP contribution in [0.5, 0.6) is 0 Å². The van der Waals surface area contributed by atoms with Crippen molar-refractivity contribution in [2.45, 2.75) is 57.4 Å². The molecule has 1 saturated carbocycles. The van der Waals surface area contributed by atoms with Crippen LogP contribution >= 0.6 is 0 Å². The lowest BCUT2D eigenvalue weighted by molar-refractivity contribution is 0.558. The highest BCUT2D eigenvalue weighted by Gasteiger charge is 2.30. The fourth-order valence-corrected chi connectivity index (χ4v) is 3.45. The third-order valence-electron chi connectivity index (χ3n) is 5.42. The minimum absolute atomic E-state index is 0.0333. The molecular formula is C20H28N6. The lowest BCUT2D eigenvalue weighted by atomic mass is 9.92. The molecule has 3 heterocycles. The summed E-state index contributed by atoms with van der Waals surface area (Å²) < 4.78 is 0. The van der Waals surface area contributed by atoms with E-state index in [1.807, 2.05) is 12.3 Å². The molecule has 138 valence electrons. The van der Waals surface area contributed by atoms with Gasteiger partial charge in [-0.2, -0.15) is 5.10 Å². The number of likely N-dealkylation sites (N-methyl/N-ethyl adjacent to an activating group) is 1. The van der Waals surface area contributed by atoms with Gasteiger partial charge in [-0.05, 0) is 37.5 Å². The molecule has 0 amide bonds. The van der Waals surface area contributed by atoms with Crippen LogP contribution in [-0.4, -0.2) is 46.3 Å². The summed E-state index contributed by atoms with van der Waals surface area (Å²) >= 11 is 0. The molecule has 0 spiro atoms. The summed E-state index contributed by atoms with van der Waals surface area (Å²) in [4.78, 5) is 13.8. The minimum atomic E-state index is 0.0333. The zero-order valence-electron chi connectivity index (χ0n) is 16.2. The second-order valence-electron chi connectivity index (χ2n) is 8.57. The van der Waals surface area contributed by atoms with Crippen LogP contribution in [-0.2, 0) is 5.41 Å². The van der Waals surface area contributed by atoms with E-state index in [9.17, 15) is 0 Å². The number of aromatic nitrogens is 4. The van der Waals surface area contributed by atoms with E-state index in [0.29, 0.717) is 12.0 Å². The van der Waals surface area contributed by atoms with Gasteiger partial charge in [0.25, 0.3) is 0 Å². The van der Waals surface area contributed by atoms with Crippen molar-refractivity contribution in [3.05, 3.63) is 35.9 Å². The zero-order valence-corrected chi connectivity index (χ0v) is 16.2. The maximum Gasteiger partial charge on any atom is 0.151 e. The van der Waals surface area contributed by atoms with Crippen LogP contribution in [0.3, 0.4) is 0 Å². The average molecular weight is 352 g/mol. The van der Waals surface area contributed by atoms with Gasteiger partial charge in [0, 0.05) is 43.7 Å². The van der Waals surface area contributed by atoms with Crippen LogP contribution in [0.4, 0.5) is 11.6 Å². The Hall–Kier alpha value is -2.24. The largest absolute Gasteiger partial charge is 0.355 e. The molecule has 0 aromatic carbocycles. The van der Waals surface area contributed by atoms with Gasteiger partial charge in [0.2, 0.25) is 0 Å². The Morgan fingerprint density at radius 2 is 1.88 bits per heavy atom. The molecule has 1 aliphatic carbocycles. The molecule has 2 aromatic rings. The molecule has 1 aliphatic heterocycles. The first-order valence-electron chi connectivity index (χ1n) is 9.57. The fraction of sp³-hybridized carbons (Fsp3) is 0.600. The molecule has 0 N–H and O–H groups in total. The molecule has 1 unspecified atom stereocenters. The lowest BCUT2D eigenvalue weighted by Gasteiger charge is -2.26. The van der Waals surface area contributed by atoms with Crippen molar-refractivity contribution in [1.29, 1.82) is 0 Å². The Balaban J connectivity index is 1.44. The molecule has 1 saturated heterocycles. The van der Waals surface area contributed by atoms with Gasteiger partial charge in [-0.25, -0.2) is 9.97 Å². The summed E-state index contributed by atoms with van der Waals surface area (Å²) in [5, 5.41) is 8.91. The quantitative estimate of drug-likeness (QED) is 0.842. The van der Waals surface area contributed by atoms with E-state index in [1.165, 1.54) is 12.8 Å². The van der Waals surface area contributed by atoms with E-state index in [0.717, 1.165) is 42.7 Å². The van der Waals surface area contributed by atoms with Gasteiger partial charge >= 0.3 is 0 Å². The molecule has 0 bridgehead atoms. The van der Waals surface area contributed by atoms with E-state index >= 15 is 0 Å². The highest BCUT2D eigenvalue weighted by atomic mass is 15.3. The van der Waals surface area contributed by atoms with Crippen LogP contribution in [0.25, 0.3) is 0 Å². The van der Waals surface area contributed by atoms with Crippen molar-refractivity contribution in [2.75, 3.05) is 29.9 Å². The lowest BCUT2D eigenvalue weighted by Crippen LogP contribution is -2.35. The van der Waals surface area contributed by atoms with E-state index in [1.54, 1.807) is 0 Å². The SMILES string of the molecule is CN(c1ccnc(C2CC2)n1)C1CCN(c2ccc(C(C)(C)C)nn2)C1. The second-order valence-corrected chi connectivity index (χ2v) is 8.57. The normalized spacial score (nSPS) is 20.5.